The van der Waals surface area contributed by atoms with Gasteiger partial charge >= 0.3 is 0 Å². The van der Waals surface area contributed by atoms with Crippen LogP contribution in [-0.2, 0) is 4.79 Å². The highest BCUT2D eigenvalue weighted by Gasteiger charge is 2.05. The summed E-state index contributed by atoms with van der Waals surface area (Å²) in [5.41, 5.74) is -0.00893. The molecule has 1 rings (SSSR count). The molecule has 0 bridgehead atoms. The molecule has 0 aliphatic rings. The predicted octanol–water partition coefficient (Wildman–Crippen LogP) is 1.11. The molecule has 1 amide bonds. The van der Waals surface area contributed by atoms with Crippen molar-refractivity contribution in [2.24, 2.45) is 0 Å². The molecule has 86 valence electrons. The van der Waals surface area contributed by atoms with Crippen LogP contribution in [0, 0.1) is 10.1 Å². The number of hydrogen-bond acceptors (Lipinski definition) is 4. The van der Waals surface area contributed by atoms with E-state index in [1.165, 1.54) is 24.3 Å². The van der Waals surface area contributed by atoms with E-state index in [2.05, 4.69) is 5.32 Å². The Morgan fingerprint density at radius 1 is 1.44 bits per heavy atom. The van der Waals surface area contributed by atoms with Crippen molar-refractivity contribution in [2.45, 2.75) is 6.92 Å². The first kappa shape index (κ1) is 12.0. The summed E-state index contributed by atoms with van der Waals surface area (Å²) in [4.78, 5) is 20.9. The van der Waals surface area contributed by atoms with Gasteiger partial charge in [-0.1, -0.05) is 0 Å². The van der Waals surface area contributed by atoms with Gasteiger partial charge < -0.3 is 10.1 Å². The molecule has 0 aliphatic carbocycles. The second-order valence-corrected chi connectivity index (χ2v) is 2.99. The van der Waals surface area contributed by atoms with Crippen LogP contribution in [0.2, 0.25) is 0 Å². The highest BCUT2D eigenvalue weighted by molar-refractivity contribution is 5.77. The van der Waals surface area contributed by atoms with E-state index in [0.717, 1.165) is 0 Å². The summed E-state index contributed by atoms with van der Waals surface area (Å²) in [6.45, 7) is 2.26. The van der Waals surface area contributed by atoms with Crippen molar-refractivity contribution < 1.29 is 14.5 Å². The zero-order chi connectivity index (χ0) is 12.0. The Labute approximate surface area is 92.4 Å². The number of likely N-dealkylation sites (N-methyl/N-ethyl adjacent to an activating group) is 1. The third-order valence-electron chi connectivity index (χ3n) is 1.79. The van der Waals surface area contributed by atoms with Gasteiger partial charge in [-0.15, -0.1) is 0 Å². The minimum absolute atomic E-state index is 0.00893. The highest BCUT2D eigenvalue weighted by Crippen LogP contribution is 2.16. The largest absolute Gasteiger partial charge is 0.484 e. The highest BCUT2D eigenvalue weighted by atomic mass is 16.6. The van der Waals surface area contributed by atoms with E-state index in [1.807, 2.05) is 6.92 Å². The summed E-state index contributed by atoms with van der Waals surface area (Å²) < 4.78 is 5.12. The minimum Gasteiger partial charge on any atom is -0.484 e. The van der Waals surface area contributed by atoms with Gasteiger partial charge in [-0.3, -0.25) is 14.9 Å². The smallest absolute Gasteiger partial charge is 0.269 e. The van der Waals surface area contributed by atoms with E-state index in [4.69, 9.17) is 4.74 Å². The van der Waals surface area contributed by atoms with Crippen molar-refractivity contribution in [1.29, 1.82) is 0 Å². The van der Waals surface area contributed by atoms with Gasteiger partial charge in [0.05, 0.1) is 4.92 Å². The normalized spacial score (nSPS) is 9.56. The molecule has 1 N–H and O–H groups in total. The second-order valence-electron chi connectivity index (χ2n) is 2.99. The molecule has 16 heavy (non-hydrogen) atoms. The fourth-order valence-corrected chi connectivity index (χ4v) is 1.06. The van der Waals surface area contributed by atoms with Gasteiger partial charge in [0.25, 0.3) is 11.6 Å². The third kappa shape index (κ3) is 3.56. The fraction of sp³-hybridized carbons (Fsp3) is 0.300. The van der Waals surface area contributed by atoms with Crippen LogP contribution in [0.3, 0.4) is 0 Å². The summed E-state index contributed by atoms with van der Waals surface area (Å²) in [5.74, 6) is 0.206. The lowest BCUT2D eigenvalue weighted by Gasteiger charge is -2.05. The standard InChI is InChI=1S/C10H12N2O4/c1-2-11-10(13)7-16-9-5-3-8(4-6-9)12(14)15/h3-6H,2,7H2,1H3,(H,11,13). The van der Waals surface area contributed by atoms with Gasteiger partial charge in [0, 0.05) is 18.7 Å². The van der Waals surface area contributed by atoms with Crippen LogP contribution in [0.4, 0.5) is 5.69 Å². The van der Waals surface area contributed by atoms with E-state index in [0.29, 0.717) is 12.3 Å². The lowest BCUT2D eigenvalue weighted by Crippen LogP contribution is -2.28. The van der Waals surface area contributed by atoms with Gasteiger partial charge in [0.15, 0.2) is 6.61 Å². The number of non-ortho nitro benzene ring substituents is 1. The van der Waals surface area contributed by atoms with Crippen molar-refractivity contribution >= 4 is 11.6 Å². The Hall–Kier alpha value is -2.11. The molecule has 0 saturated carbocycles. The molecule has 0 saturated heterocycles. The van der Waals surface area contributed by atoms with E-state index < -0.39 is 4.92 Å². The summed E-state index contributed by atoms with van der Waals surface area (Å²) in [6, 6.07) is 5.56. The molecule has 1 aromatic carbocycles. The molecule has 1 aromatic rings. The molecular weight excluding hydrogens is 212 g/mol. The number of ether oxygens (including phenoxy) is 1. The molecule has 0 unspecified atom stereocenters. The average Bonchev–Trinajstić information content (AvgIpc) is 2.27. The maximum atomic E-state index is 11.0. The third-order valence-corrected chi connectivity index (χ3v) is 1.79. The molecular formula is C10H12N2O4. The van der Waals surface area contributed by atoms with Crippen LogP contribution >= 0.6 is 0 Å². The molecule has 0 fully saturated rings. The number of nitro groups is 1. The Morgan fingerprint density at radius 2 is 2.06 bits per heavy atom. The molecule has 0 atom stereocenters. The number of rotatable bonds is 5. The van der Waals surface area contributed by atoms with Gasteiger partial charge in [0.1, 0.15) is 5.75 Å². The Morgan fingerprint density at radius 3 is 2.56 bits per heavy atom. The number of benzene rings is 1. The number of hydrogen-bond donors (Lipinski definition) is 1. The summed E-state index contributed by atoms with van der Waals surface area (Å²) in [5, 5.41) is 12.9. The van der Waals surface area contributed by atoms with E-state index in [-0.39, 0.29) is 18.2 Å². The lowest BCUT2D eigenvalue weighted by molar-refractivity contribution is -0.384. The molecule has 6 heteroatoms. The molecule has 0 aromatic heterocycles. The maximum absolute atomic E-state index is 11.0. The number of amides is 1. The fourth-order valence-electron chi connectivity index (χ4n) is 1.06. The maximum Gasteiger partial charge on any atom is 0.269 e. The van der Waals surface area contributed by atoms with Crippen LogP contribution in [0.1, 0.15) is 6.92 Å². The minimum atomic E-state index is -0.492. The van der Waals surface area contributed by atoms with Crippen LogP contribution in [0.5, 0.6) is 5.75 Å². The molecule has 0 spiro atoms. The number of nitro benzene ring substituents is 1. The number of carbonyl (C=O) groups is 1. The lowest BCUT2D eigenvalue weighted by atomic mass is 10.3. The Bertz CT molecular complexity index is 375. The molecule has 0 radical (unpaired) electrons. The van der Waals surface area contributed by atoms with Gasteiger partial charge in [0.2, 0.25) is 0 Å². The number of nitrogens with one attached hydrogen (secondary N) is 1. The predicted molar refractivity (Wildman–Crippen MR) is 57.3 cm³/mol. The van der Waals surface area contributed by atoms with Crippen molar-refractivity contribution in [3.05, 3.63) is 34.4 Å². The molecule has 0 aliphatic heterocycles. The molecule has 0 heterocycles. The zero-order valence-electron chi connectivity index (χ0n) is 8.80. The topological polar surface area (TPSA) is 81.5 Å². The van der Waals surface area contributed by atoms with Crippen LogP contribution in [-0.4, -0.2) is 24.0 Å². The average molecular weight is 224 g/mol. The van der Waals surface area contributed by atoms with Crippen LogP contribution < -0.4 is 10.1 Å². The Balaban J connectivity index is 2.49. The van der Waals surface area contributed by atoms with E-state index in [9.17, 15) is 14.9 Å². The first-order valence-corrected chi connectivity index (χ1v) is 4.77. The zero-order valence-corrected chi connectivity index (χ0v) is 8.80. The Kier molecular flexibility index (Phi) is 4.26. The number of nitrogens with zero attached hydrogens (tertiary/aromatic N) is 1. The van der Waals surface area contributed by atoms with Crippen molar-refractivity contribution in [1.82, 2.24) is 5.32 Å². The van der Waals surface area contributed by atoms with Crippen molar-refractivity contribution in [3.8, 4) is 5.75 Å². The summed E-state index contributed by atoms with van der Waals surface area (Å²) in [7, 11) is 0. The summed E-state index contributed by atoms with van der Waals surface area (Å²) in [6.07, 6.45) is 0. The number of carbonyl (C=O) groups excluding carboxylic acids is 1. The van der Waals surface area contributed by atoms with Crippen molar-refractivity contribution in [3.63, 3.8) is 0 Å². The SMILES string of the molecule is CCNC(=O)COc1ccc([N+](=O)[O-])cc1. The molecule has 6 nitrogen and oxygen atoms in total. The van der Waals surface area contributed by atoms with Gasteiger partial charge in [-0.25, -0.2) is 0 Å². The second kappa shape index (κ2) is 5.69. The van der Waals surface area contributed by atoms with E-state index in [1.54, 1.807) is 0 Å². The monoisotopic (exact) mass is 224 g/mol. The first-order valence-electron chi connectivity index (χ1n) is 4.77. The van der Waals surface area contributed by atoms with Crippen molar-refractivity contribution in [2.75, 3.05) is 13.2 Å². The van der Waals surface area contributed by atoms with E-state index >= 15 is 0 Å². The van der Waals surface area contributed by atoms with Gasteiger partial charge in [-0.2, -0.15) is 0 Å². The summed E-state index contributed by atoms with van der Waals surface area (Å²) >= 11 is 0. The van der Waals surface area contributed by atoms with Gasteiger partial charge in [-0.05, 0) is 19.1 Å². The van der Waals surface area contributed by atoms with Crippen LogP contribution in [0.15, 0.2) is 24.3 Å². The quantitative estimate of drug-likeness (QED) is 0.600. The first-order chi connectivity index (χ1) is 7.63. The van der Waals surface area contributed by atoms with Crippen LogP contribution in [0.25, 0.3) is 0 Å².